The topological polar surface area (TPSA) is 104 Å². The molecule has 0 aliphatic carbocycles. The van der Waals surface area contributed by atoms with Gasteiger partial charge in [-0.1, -0.05) is 0 Å². The van der Waals surface area contributed by atoms with E-state index < -0.39 is 10.0 Å². The number of hydrogen-bond donors (Lipinski definition) is 2. The quantitative estimate of drug-likeness (QED) is 0.811. The maximum Gasteiger partial charge on any atom is 0.262 e. The predicted molar refractivity (Wildman–Crippen MR) is 79.0 cm³/mol. The van der Waals surface area contributed by atoms with E-state index in [4.69, 9.17) is 15.2 Å². The van der Waals surface area contributed by atoms with Crippen molar-refractivity contribution < 1.29 is 17.9 Å². The Morgan fingerprint density at radius 3 is 2.33 bits per heavy atom. The van der Waals surface area contributed by atoms with Gasteiger partial charge < -0.3 is 15.2 Å². The Labute approximate surface area is 122 Å². The van der Waals surface area contributed by atoms with E-state index in [0.717, 1.165) is 0 Å². The highest BCUT2D eigenvalue weighted by Crippen LogP contribution is 2.33. The first kappa shape index (κ1) is 14.9. The summed E-state index contributed by atoms with van der Waals surface area (Å²) in [6.45, 7) is 0. The summed E-state index contributed by atoms with van der Waals surface area (Å²) in [4.78, 5) is 4.04. The third-order valence-corrected chi connectivity index (χ3v) is 4.09. The standard InChI is InChI=1S/C13H15N3O4S/c1-19-12-11(7-8-15-13(12)20-2)16-21(17,18)10-5-3-9(14)4-6-10/h3-8H,14H2,1-2H3,(H,15,16). The van der Waals surface area contributed by atoms with Crippen LogP contribution < -0.4 is 19.9 Å². The Morgan fingerprint density at radius 1 is 1.10 bits per heavy atom. The van der Waals surface area contributed by atoms with Crippen LogP contribution in [0.2, 0.25) is 0 Å². The number of rotatable bonds is 5. The zero-order valence-corrected chi connectivity index (χ0v) is 12.3. The SMILES string of the molecule is COc1nccc(NS(=O)(=O)c2ccc(N)cc2)c1OC. The molecule has 2 rings (SSSR count). The van der Waals surface area contributed by atoms with Gasteiger partial charge in [-0.25, -0.2) is 13.4 Å². The van der Waals surface area contributed by atoms with Gasteiger partial charge in [0.25, 0.3) is 15.9 Å². The van der Waals surface area contributed by atoms with Crippen molar-refractivity contribution in [3.8, 4) is 11.6 Å². The minimum atomic E-state index is -3.76. The third-order valence-electron chi connectivity index (χ3n) is 2.70. The van der Waals surface area contributed by atoms with E-state index in [1.165, 1.54) is 50.7 Å². The van der Waals surface area contributed by atoms with Crippen LogP contribution in [0.4, 0.5) is 11.4 Å². The van der Waals surface area contributed by atoms with Crippen molar-refractivity contribution in [1.82, 2.24) is 4.98 Å². The molecule has 0 saturated carbocycles. The Kier molecular flexibility index (Phi) is 4.18. The van der Waals surface area contributed by atoms with Gasteiger partial charge in [-0.2, -0.15) is 0 Å². The van der Waals surface area contributed by atoms with E-state index in [1.807, 2.05) is 0 Å². The summed E-state index contributed by atoms with van der Waals surface area (Å²) in [6, 6.07) is 7.35. The van der Waals surface area contributed by atoms with Gasteiger partial charge >= 0.3 is 0 Å². The van der Waals surface area contributed by atoms with Crippen molar-refractivity contribution >= 4 is 21.4 Å². The van der Waals surface area contributed by atoms with Gasteiger partial charge in [0.05, 0.1) is 24.8 Å². The fourth-order valence-corrected chi connectivity index (χ4v) is 2.77. The molecule has 0 atom stereocenters. The maximum atomic E-state index is 12.3. The Morgan fingerprint density at radius 2 is 1.76 bits per heavy atom. The molecule has 1 aromatic carbocycles. The summed E-state index contributed by atoms with van der Waals surface area (Å²) in [7, 11) is -0.933. The van der Waals surface area contributed by atoms with Crippen LogP contribution >= 0.6 is 0 Å². The second-order valence-electron chi connectivity index (χ2n) is 4.08. The van der Waals surface area contributed by atoms with Crippen molar-refractivity contribution in [2.75, 3.05) is 24.7 Å². The Hall–Kier alpha value is -2.48. The normalized spacial score (nSPS) is 11.0. The van der Waals surface area contributed by atoms with Crippen molar-refractivity contribution in [1.29, 1.82) is 0 Å². The first-order valence-corrected chi connectivity index (χ1v) is 7.41. The average molecular weight is 309 g/mol. The molecule has 3 N–H and O–H groups in total. The molecule has 0 fully saturated rings. The number of nitrogen functional groups attached to an aromatic ring is 1. The molecule has 7 nitrogen and oxygen atoms in total. The van der Waals surface area contributed by atoms with E-state index >= 15 is 0 Å². The van der Waals surface area contributed by atoms with Crippen LogP contribution in [0.25, 0.3) is 0 Å². The zero-order valence-electron chi connectivity index (χ0n) is 11.5. The van der Waals surface area contributed by atoms with Crippen molar-refractivity contribution in [2.24, 2.45) is 0 Å². The van der Waals surface area contributed by atoms with Crippen LogP contribution in [0.1, 0.15) is 0 Å². The Bertz CT molecular complexity index is 730. The monoisotopic (exact) mass is 309 g/mol. The summed E-state index contributed by atoms with van der Waals surface area (Å²) in [5, 5.41) is 0. The second-order valence-corrected chi connectivity index (χ2v) is 5.76. The molecule has 2 aromatic rings. The molecule has 0 radical (unpaired) electrons. The van der Waals surface area contributed by atoms with Gasteiger partial charge in [0, 0.05) is 11.9 Å². The lowest BCUT2D eigenvalue weighted by Crippen LogP contribution is -2.14. The van der Waals surface area contributed by atoms with Crippen LogP contribution in [0.15, 0.2) is 41.4 Å². The summed E-state index contributed by atoms with van der Waals surface area (Å²) in [5.74, 6) is 0.397. The smallest absolute Gasteiger partial charge is 0.262 e. The van der Waals surface area contributed by atoms with E-state index in [9.17, 15) is 8.42 Å². The first-order chi connectivity index (χ1) is 9.97. The average Bonchev–Trinajstić information content (AvgIpc) is 2.47. The molecule has 0 unspecified atom stereocenters. The molecule has 8 heteroatoms. The lowest BCUT2D eigenvalue weighted by atomic mass is 10.3. The van der Waals surface area contributed by atoms with Crippen molar-refractivity contribution in [2.45, 2.75) is 4.90 Å². The van der Waals surface area contributed by atoms with Crippen LogP contribution in [0.5, 0.6) is 11.6 Å². The van der Waals surface area contributed by atoms with Gasteiger partial charge in [0.2, 0.25) is 5.75 Å². The highest BCUT2D eigenvalue weighted by atomic mass is 32.2. The fraction of sp³-hybridized carbons (Fsp3) is 0.154. The predicted octanol–water partition coefficient (Wildman–Crippen LogP) is 1.48. The number of aromatic nitrogens is 1. The summed E-state index contributed by atoms with van der Waals surface area (Å²) < 4.78 is 37.2. The van der Waals surface area contributed by atoms with Gasteiger partial charge in [0.1, 0.15) is 0 Å². The van der Waals surface area contributed by atoms with Crippen LogP contribution in [-0.4, -0.2) is 27.6 Å². The molecule has 0 aliphatic rings. The number of benzene rings is 1. The number of pyridine rings is 1. The van der Waals surface area contributed by atoms with Gasteiger partial charge in [-0.3, -0.25) is 4.72 Å². The number of nitrogens with two attached hydrogens (primary N) is 1. The minimum Gasteiger partial charge on any atom is -0.490 e. The van der Waals surface area contributed by atoms with Crippen LogP contribution in [-0.2, 0) is 10.0 Å². The number of hydrogen-bond acceptors (Lipinski definition) is 6. The molecular weight excluding hydrogens is 294 g/mol. The number of nitrogens with zero attached hydrogens (tertiary/aromatic N) is 1. The Balaban J connectivity index is 2.39. The lowest BCUT2D eigenvalue weighted by Gasteiger charge is -2.13. The van der Waals surface area contributed by atoms with E-state index in [0.29, 0.717) is 5.69 Å². The highest BCUT2D eigenvalue weighted by Gasteiger charge is 2.19. The maximum absolute atomic E-state index is 12.3. The van der Waals surface area contributed by atoms with Gasteiger partial charge in [-0.15, -0.1) is 0 Å². The number of nitrogens with one attached hydrogen (secondary N) is 1. The molecule has 0 spiro atoms. The largest absolute Gasteiger partial charge is 0.490 e. The number of anilines is 2. The molecule has 1 heterocycles. The number of ether oxygens (including phenoxy) is 2. The molecule has 21 heavy (non-hydrogen) atoms. The summed E-state index contributed by atoms with van der Waals surface area (Å²) in [6.07, 6.45) is 1.42. The minimum absolute atomic E-state index is 0.0922. The van der Waals surface area contributed by atoms with Crippen LogP contribution in [0.3, 0.4) is 0 Å². The lowest BCUT2D eigenvalue weighted by molar-refractivity contribution is 0.344. The molecule has 0 saturated heterocycles. The summed E-state index contributed by atoms with van der Waals surface area (Å²) >= 11 is 0. The highest BCUT2D eigenvalue weighted by molar-refractivity contribution is 7.92. The van der Waals surface area contributed by atoms with Crippen molar-refractivity contribution in [3.05, 3.63) is 36.5 Å². The van der Waals surface area contributed by atoms with Gasteiger partial charge in [0.15, 0.2) is 0 Å². The summed E-state index contributed by atoms with van der Waals surface area (Å²) in [5.41, 5.74) is 6.27. The first-order valence-electron chi connectivity index (χ1n) is 5.93. The molecule has 0 bridgehead atoms. The second kappa shape index (κ2) is 5.88. The zero-order chi connectivity index (χ0) is 15.5. The van der Waals surface area contributed by atoms with Crippen molar-refractivity contribution in [3.63, 3.8) is 0 Å². The molecule has 0 amide bonds. The number of sulfonamides is 1. The van der Waals surface area contributed by atoms with Crippen LogP contribution in [0, 0.1) is 0 Å². The number of methoxy groups -OCH3 is 2. The van der Waals surface area contributed by atoms with Gasteiger partial charge in [-0.05, 0) is 30.3 Å². The fourth-order valence-electron chi connectivity index (χ4n) is 1.70. The van der Waals surface area contributed by atoms with E-state index in [2.05, 4.69) is 9.71 Å². The van der Waals surface area contributed by atoms with E-state index in [-0.39, 0.29) is 22.2 Å². The molecule has 0 aliphatic heterocycles. The van der Waals surface area contributed by atoms with E-state index in [1.54, 1.807) is 0 Å². The molecule has 1 aromatic heterocycles. The third kappa shape index (κ3) is 3.16. The molecule has 112 valence electrons. The molecular formula is C13H15N3O4S.